The molecule has 0 fully saturated rings. The Morgan fingerprint density at radius 3 is 2.32 bits per heavy atom. The lowest BCUT2D eigenvalue weighted by molar-refractivity contribution is 0.0602. The van der Waals surface area contributed by atoms with Crippen LogP contribution < -0.4 is 11.3 Å². The molecule has 0 aliphatic carbocycles. The number of halogens is 5. The fourth-order valence-electron chi connectivity index (χ4n) is 4.55. The van der Waals surface area contributed by atoms with E-state index in [9.17, 15) is 14.0 Å². The lowest BCUT2D eigenvalue weighted by Gasteiger charge is -2.35. The van der Waals surface area contributed by atoms with Gasteiger partial charge in [-0.1, -0.05) is 50.2 Å². The van der Waals surface area contributed by atoms with Gasteiger partial charge in [-0.05, 0) is 67.5 Å². The normalized spacial score (nSPS) is 11.1. The van der Waals surface area contributed by atoms with Crippen molar-refractivity contribution in [3.8, 4) is 0 Å². The summed E-state index contributed by atoms with van der Waals surface area (Å²) < 4.78 is 20.4. The molecule has 0 aliphatic rings. The van der Waals surface area contributed by atoms with Gasteiger partial charge < -0.3 is 10.6 Å². The average molecular weight is 668 g/mol. The highest BCUT2D eigenvalue weighted by Crippen LogP contribution is 2.31. The Bertz CT molecular complexity index is 1480. The summed E-state index contributed by atoms with van der Waals surface area (Å²) in [6, 6.07) is 13.6. The lowest BCUT2D eigenvalue weighted by Crippen LogP contribution is -2.42. The molecular weight excluding hydrogens is 631 g/mol. The van der Waals surface area contributed by atoms with E-state index < -0.39 is 11.9 Å². The number of benzene rings is 2. The van der Waals surface area contributed by atoms with E-state index in [2.05, 4.69) is 4.37 Å². The van der Waals surface area contributed by atoms with Gasteiger partial charge in [0.15, 0.2) is 4.83 Å². The summed E-state index contributed by atoms with van der Waals surface area (Å²) >= 11 is 1.18. The maximum atomic E-state index is 14.4. The van der Waals surface area contributed by atoms with Crippen molar-refractivity contribution in [2.45, 2.75) is 46.7 Å². The van der Waals surface area contributed by atoms with E-state index in [1.54, 1.807) is 35.4 Å². The van der Waals surface area contributed by atoms with E-state index in [1.807, 2.05) is 44.2 Å². The molecule has 2 aromatic heterocycles. The highest BCUT2D eigenvalue weighted by atomic mass is 35.5. The zero-order valence-corrected chi connectivity index (χ0v) is 27.3. The summed E-state index contributed by atoms with van der Waals surface area (Å²) in [5.74, 6) is -0.381. The van der Waals surface area contributed by atoms with E-state index in [-0.39, 0.29) is 72.6 Å². The molecule has 1 unspecified atom stereocenters. The van der Waals surface area contributed by atoms with Crippen molar-refractivity contribution >= 4 is 77.3 Å². The molecule has 226 valence electrons. The van der Waals surface area contributed by atoms with Crippen LogP contribution in [0.5, 0.6) is 0 Å². The third-order valence-corrected chi connectivity index (χ3v) is 7.33. The number of fused-ring (bicyclic) bond motifs is 1. The minimum absolute atomic E-state index is 0. The van der Waals surface area contributed by atoms with Crippen molar-refractivity contribution < 1.29 is 9.18 Å². The summed E-state index contributed by atoms with van der Waals surface area (Å²) in [5, 5.41) is 0.493. The van der Waals surface area contributed by atoms with Gasteiger partial charge in [-0.25, -0.2) is 9.37 Å². The van der Waals surface area contributed by atoms with Gasteiger partial charge in [0.25, 0.3) is 11.5 Å². The number of rotatable bonds is 9. The Balaban J connectivity index is 0.00000400. The van der Waals surface area contributed by atoms with Crippen LogP contribution in [-0.4, -0.2) is 37.8 Å². The van der Waals surface area contributed by atoms with Gasteiger partial charge in [0.2, 0.25) is 0 Å². The largest absolute Gasteiger partial charge is 0.330 e. The first-order valence-corrected chi connectivity index (χ1v) is 13.2. The third kappa shape index (κ3) is 8.40. The van der Waals surface area contributed by atoms with Crippen LogP contribution in [0.3, 0.4) is 0 Å². The molecule has 0 spiro atoms. The Morgan fingerprint density at radius 2 is 1.73 bits per heavy atom. The van der Waals surface area contributed by atoms with Gasteiger partial charge in [-0.3, -0.25) is 14.2 Å². The molecule has 13 heteroatoms. The number of aromatic nitrogens is 3. The SMILES string of the molecule is Cc1ccc(C(=O)N(CCCN)C(c2nc3snc(C)c3c(=O)n2Cc2ccccc2)C(C)C)cc1F.Cl.Cl.Cl.Cl. The van der Waals surface area contributed by atoms with E-state index in [4.69, 9.17) is 10.7 Å². The molecule has 2 aromatic carbocycles. The Morgan fingerprint density at radius 1 is 1.07 bits per heavy atom. The monoisotopic (exact) mass is 665 g/mol. The van der Waals surface area contributed by atoms with E-state index in [0.29, 0.717) is 53.4 Å². The molecule has 4 aromatic rings. The maximum Gasteiger partial charge on any atom is 0.264 e. The van der Waals surface area contributed by atoms with E-state index in [1.165, 1.54) is 17.6 Å². The van der Waals surface area contributed by atoms with Crippen molar-refractivity contribution in [2.75, 3.05) is 13.1 Å². The second-order valence-corrected chi connectivity index (χ2v) is 10.3. The van der Waals surface area contributed by atoms with Crippen LogP contribution >= 0.6 is 61.2 Å². The van der Waals surface area contributed by atoms with Crippen molar-refractivity contribution in [1.82, 2.24) is 18.8 Å². The highest BCUT2D eigenvalue weighted by Gasteiger charge is 2.33. The molecule has 2 N–H and O–H groups in total. The van der Waals surface area contributed by atoms with Crippen molar-refractivity contribution in [2.24, 2.45) is 11.7 Å². The number of amides is 1. The molecule has 1 atom stereocenters. The Kier molecular flexibility index (Phi) is 16.1. The summed E-state index contributed by atoms with van der Waals surface area (Å²) in [5.41, 5.74) is 7.94. The van der Waals surface area contributed by atoms with Crippen LogP contribution in [-0.2, 0) is 6.54 Å². The second kappa shape index (κ2) is 17.0. The number of hydrogen-bond acceptors (Lipinski definition) is 6. The minimum atomic E-state index is -0.549. The fourth-order valence-corrected chi connectivity index (χ4v) is 5.32. The molecule has 2 heterocycles. The molecular formula is C28H36Cl4FN5O2S. The molecule has 1 amide bonds. The molecule has 4 rings (SSSR count). The number of nitrogens with two attached hydrogens (primary N) is 1. The molecule has 0 aliphatic heterocycles. The number of aryl methyl sites for hydroxylation is 2. The number of carbonyl (C=O) groups excluding carboxylic acids is 1. The van der Waals surface area contributed by atoms with Crippen LogP contribution in [0.1, 0.15) is 59.3 Å². The number of nitrogens with zero attached hydrogens (tertiary/aromatic N) is 4. The molecule has 7 nitrogen and oxygen atoms in total. The average Bonchev–Trinajstić information content (AvgIpc) is 3.25. The van der Waals surface area contributed by atoms with E-state index >= 15 is 0 Å². The first-order chi connectivity index (χ1) is 17.7. The van der Waals surface area contributed by atoms with Crippen molar-refractivity contribution in [3.63, 3.8) is 0 Å². The van der Waals surface area contributed by atoms with Crippen molar-refractivity contribution in [1.29, 1.82) is 0 Å². The van der Waals surface area contributed by atoms with Crippen molar-refractivity contribution in [3.05, 3.63) is 92.9 Å². The van der Waals surface area contributed by atoms with Gasteiger partial charge >= 0.3 is 0 Å². The van der Waals surface area contributed by atoms with Gasteiger partial charge in [0.05, 0.1) is 23.7 Å². The van der Waals surface area contributed by atoms with Gasteiger partial charge in [0, 0.05) is 12.1 Å². The van der Waals surface area contributed by atoms with Gasteiger partial charge in [-0.15, -0.1) is 49.6 Å². The molecule has 41 heavy (non-hydrogen) atoms. The van der Waals surface area contributed by atoms with Gasteiger partial charge in [-0.2, -0.15) is 4.37 Å². The Hall–Kier alpha value is -2.27. The highest BCUT2D eigenvalue weighted by molar-refractivity contribution is 7.12. The zero-order valence-electron chi connectivity index (χ0n) is 23.2. The molecule has 0 saturated heterocycles. The predicted octanol–water partition coefficient (Wildman–Crippen LogP) is 6.53. The first-order valence-electron chi connectivity index (χ1n) is 12.4. The summed E-state index contributed by atoms with van der Waals surface area (Å²) in [6.07, 6.45) is 0.550. The van der Waals surface area contributed by atoms with E-state index in [0.717, 1.165) is 5.56 Å². The van der Waals surface area contributed by atoms with Crippen LogP contribution in [0.4, 0.5) is 4.39 Å². The third-order valence-electron chi connectivity index (χ3n) is 6.49. The quantitative estimate of drug-likeness (QED) is 0.219. The van der Waals surface area contributed by atoms with Crippen LogP contribution in [0.2, 0.25) is 0 Å². The second-order valence-electron chi connectivity index (χ2n) is 9.59. The van der Waals surface area contributed by atoms with Gasteiger partial charge in [0.1, 0.15) is 11.6 Å². The topological polar surface area (TPSA) is 94.1 Å². The lowest BCUT2D eigenvalue weighted by atomic mass is 9.98. The molecule has 0 bridgehead atoms. The standard InChI is InChI=1S/C28H32FN5O2S.4ClH/c1-17(2)24(33(14-8-13-30)27(35)21-12-11-18(3)22(29)15-21)25-31-26-23(19(4)32-37-26)28(36)34(25)16-20-9-6-5-7-10-20;;;;/h5-7,9-12,15,17,24H,8,13-14,16,30H2,1-4H3;4*1H. The smallest absolute Gasteiger partial charge is 0.264 e. The fraction of sp³-hybridized carbons (Fsp3) is 0.357. The first kappa shape index (κ1) is 38.7. The van der Waals surface area contributed by atoms with Crippen LogP contribution in [0.15, 0.2) is 53.3 Å². The molecule has 0 saturated carbocycles. The molecule has 0 radical (unpaired) electrons. The number of hydrogen-bond donors (Lipinski definition) is 1. The predicted molar refractivity (Wildman–Crippen MR) is 174 cm³/mol. The summed E-state index contributed by atoms with van der Waals surface area (Å²) in [6.45, 7) is 8.47. The summed E-state index contributed by atoms with van der Waals surface area (Å²) in [7, 11) is 0. The number of carbonyl (C=O) groups is 1. The summed E-state index contributed by atoms with van der Waals surface area (Å²) in [4.78, 5) is 34.8. The van der Waals surface area contributed by atoms with Crippen LogP contribution in [0.25, 0.3) is 10.2 Å². The zero-order chi connectivity index (χ0) is 26.7. The Labute approximate surface area is 268 Å². The minimum Gasteiger partial charge on any atom is -0.330 e. The van der Waals surface area contributed by atoms with Crippen LogP contribution in [0, 0.1) is 25.6 Å². The maximum absolute atomic E-state index is 14.4.